The van der Waals surface area contributed by atoms with Crippen molar-refractivity contribution in [2.24, 2.45) is 0 Å². The lowest BCUT2D eigenvalue weighted by molar-refractivity contribution is 0.145. The first-order valence-electron chi connectivity index (χ1n) is 2.92. The molecule has 1 heterocycles. The highest BCUT2D eigenvalue weighted by atomic mass is 127. The van der Waals surface area contributed by atoms with Crippen LogP contribution < -0.4 is 5.73 Å². The van der Waals surface area contributed by atoms with Crippen LogP contribution in [0.2, 0.25) is 0 Å². The summed E-state index contributed by atoms with van der Waals surface area (Å²) in [4.78, 5) is 3.68. The number of anilines is 1. The number of rotatable bonds is 1. The summed E-state index contributed by atoms with van der Waals surface area (Å²) in [6.45, 7) is 0. The molecule has 6 heteroatoms. The van der Waals surface area contributed by atoms with Crippen LogP contribution in [-0.2, 0) is 0 Å². The first kappa shape index (κ1) is 10.4. The van der Waals surface area contributed by atoms with E-state index in [1.807, 2.05) is 22.6 Å². The van der Waals surface area contributed by atoms with Crippen molar-refractivity contribution in [1.29, 1.82) is 0 Å². The average molecular weight is 396 g/mol. The van der Waals surface area contributed by atoms with Gasteiger partial charge in [0.1, 0.15) is 9.39 Å². The summed E-state index contributed by atoms with van der Waals surface area (Å²) in [6.07, 6.45) is -2.56. The second kappa shape index (κ2) is 3.99. The summed E-state index contributed by atoms with van der Waals surface area (Å²) < 4.78 is 25.3. The first-order valence-corrected chi connectivity index (χ1v) is 5.07. The van der Waals surface area contributed by atoms with E-state index >= 15 is 0 Å². The van der Waals surface area contributed by atoms with Gasteiger partial charge in [-0.1, -0.05) is 0 Å². The van der Waals surface area contributed by atoms with Gasteiger partial charge in [-0.15, -0.1) is 0 Å². The molecule has 0 spiro atoms. The predicted octanol–water partition coefficient (Wildman–Crippen LogP) is 2.81. The number of nitrogen functional groups attached to an aromatic ring is 1. The molecule has 1 aromatic heterocycles. The summed E-state index contributed by atoms with van der Waals surface area (Å²) in [6, 6.07) is 1.56. The second-order valence-corrected chi connectivity index (χ2v) is 4.22. The van der Waals surface area contributed by atoms with E-state index in [2.05, 4.69) is 4.98 Å². The zero-order valence-electron chi connectivity index (χ0n) is 5.69. The molecule has 0 aliphatic heterocycles. The van der Waals surface area contributed by atoms with Crippen molar-refractivity contribution in [2.75, 3.05) is 5.73 Å². The molecular formula is C6H4F2I2N2. The number of pyridine rings is 1. The molecule has 0 aromatic carbocycles. The van der Waals surface area contributed by atoms with Crippen molar-refractivity contribution in [3.05, 3.63) is 19.0 Å². The fraction of sp³-hybridized carbons (Fsp3) is 0.167. The van der Waals surface area contributed by atoms with E-state index in [0.29, 0.717) is 13.0 Å². The molecule has 0 aliphatic rings. The molecule has 1 rings (SSSR count). The van der Waals surface area contributed by atoms with Gasteiger partial charge in [0.05, 0.1) is 3.57 Å². The van der Waals surface area contributed by atoms with Gasteiger partial charge in [-0.05, 0) is 51.2 Å². The lowest BCUT2D eigenvalue weighted by Gasteiger charge is -2.05. The van der Waals surface area contributed by atoms with Gasteiger partial charge in [0.15, 0.2) is 0 Å². The van der Waals surface area contributed by atoms with Crippen LogP contribution in [0.1, 0.15) is 12.1 Å². The monoisotopic (exact) mass is 396 g/mol. The highest BCUT2D eigenvalue weighted by molar-refractivity contribution is 14.1. The maximum atomic E-state index is 12.3. The van der Waals surface area contributed by atoms with E-state index in [9.17, 15) is 8.78 Å². The Morgan fingerprint density at radius 1 is 1.42 bits per heavy atom. The number of hydrogen-bond acceptors (Lipinski definition) is 2. The van der Waals surface area contributed by atoms with Crippen LogP contribution in [0.4, 0.5) is 14.5 Å². The lowest BCUT2D eigenvalue weighted by Crippen LogP contribution is -2.01. The van der Waals surface area contributed by atoms with Crippen LogP contribution in [0.5, 0.6) is 0 Å². The van der Waals surface area contributed by atoms with E-state index in [1.54, 1.807) is 28.7 Å². The molecule has 1 aromatic rings. The van der Waals surface area contributed by atoms with Gasteiger partial charge in [0.25, 0.3) is 6.43 Å². The minimum Gasteiger partial charge on any atom is -0.398 e. The summed E-state index contributed by atoms with van der Waals surface area (Å²) >= 11 is 3.62. The van der Waals surface area contributed by atoms with Gasteiger partial charge >= 0.3 is 0 Å². The Hall–Kier alpha value is 0.270. The molecule has 66 valence electrons. The Labute approximate surface area is 95.2 Å². The number of alkyl halides is 2. The van der Waals surface area contributed by atoms with Gasteiger partial charge in [0.2, 0.25) is 0 Å². The maximum absolute atomic E-state index is 12.3. The smallest absolute Gasteiger partial charge is 0.281 e. The molecule has 0 unspecified atom stereocenters. The molecule has 0 radical (unpaired) electrons. The molecule has 0 amide bonds. The topological polar surface area (TPSA) is 38.9 Å². The zero-order chi connectivity index (χ0) is 9.30. The minimum absolute atomic E-state index is 0.236. The molecule has 0 fully saturated rings. The van der Waals surface area contributed by atoms with Crippen LogP contribution in [0.25, 0.3) is 0 Å². The highest BCUT2D eigenvalue weighted by Crippen LogP contribution is 2.27. The van der Waals surface area contributed by atoms with E-state index in [0.717, 1.165) is 0 Å². The van der Waals surface area contributed by atoms with Gasteiger partial charge in [-0.3, -0.25) is 0 Å². The van der Waals surface area contributed by atoms with Crippen molar-refractivity contribution < 1.29 is 8.78 Å². The Bertz CT molecular complexity index is 304. The predicted molar refractivity (Wildman–Crippen MR) is 59.0 cm³/mol. The molecule has 0 saturated heterocycles. The quantitative estimate of drug-likeness (QED) is 0.586. The van der Waals surface area contributed by atoms with E-state index < -0.39 is 6.43 Å². The number of aromatic nitrogens is 1. The second-order valence-electron chi connectivity index (χ2n) is 2.03. The van der Waals surface area contributed by atoms with Crippen LogP contribution in [-0.4, -0.2) is 4.98 Å². The molecule has 0 atom stereocenters. The number of nitrogens with two attached hydrogens (primary N) is 1. The van der Waals surface area contributed by atoms with Crippen LogP contribution in [0, 0.1) is 7.27 Å². The first-order chi connectivity index (χ1) is 5.52. The van der Waals surface area contributed by atoms with Crippen molar-refractivity contribution in [3.63, 3.8) is 0 Å². The summed E-state index contributed by atoms with van der Waals surface area (Å²) in [5.74, 6) is 0. The highest BCUT2D eigenvalue weighted by Gasteiger charge is 2.16. The van der Waals surface area contributed by atoms with E-state index in [1.165, 1.54) is 0 Å². The third-order valence-corrected chi connectivity index (χ3v) is 2.91. The zero-order valence-corrected chi connectivity index (χ0v) is 10.0. The SMILES string of the molecule is Nc1cc(I)nc(C(F)F)c1I. The molecular weight excluding hydrogens is 392 g/mol. The third-order valence-electron chi connectivity index (χ3n) is 1.19. The van der Waals surface area contributed by atoms with Crippen molar-refractivity contribution in [2.45, 2.75) is 6.43 Å². The fourth-order valence-corrected chi connectivity index (χ4v) is 1.79. The number of hydrogen-bond donors (Lipinski definition) is 1. The van der Waals surface area contributed by atoms with E-state index in [4.69, 9.17) is 5.73 Å². The Morgan fingerprint density at radius 2 is 2.00 bits per heavy atom. The number of halogens is 4. The maximum Gasteiger partial charge on any atom is 0.281 e. The Balaban J connectivity index is 3.28. The van der Waals surface area contributed by atoms with Crippen molar-refractivity contribution in [3.8, 4) is 0 Å². The fourth-order valence-electron chi connectivity index (χ4n) is 0.681. The number of nitrogens with zero attached hydrogens (tertiary/aromatic N) is 1. The van der Waals surface area contributed by atoms with Gasteiger partial charge in [0, 0.05) is 5.69 Å². The largest absolute Gasteiger partial charge is 0.398 e. The molecule has 12 heavy (non-hydrogen) atoms. The average Bonchev–Trinajstić information content (AvgIpc) is 1.96. The van der Waals surface area contributed by atoms with Crippen molar-refractivity contribution >= 4 is 50.9 Å². The molecule has 0 saturated carbocycles. The van der Waals surface area contributed by atoms with Gasteiger partial charge in [-0.25, -0.2) is 13.8 Å². The molecule has 0 bridgehead atoms. The van der Waals surface area contributed by atoms with Gasteiger partial charge < -0.3 is 5.73 Å². The summed E-state index contributed by atoms with van der Waals surface area (Å²) in [5, 5.41) is 0. The van der Waals surface area contributed by atoms with Crippen LogP contribution >= 0.6 is 45.2 Å². The lowest BCUT2D eigenvalue weighted by atomic mass is 10.3. The van der Waals surface area contributed by atoms with Crippen LogP contribution in [0.3, 0.4) is 0 Å². The minimum atomic E-state index is -2.56. The van der Waals surface area contributed by atoms with E-state index in [-0.39, 0.29) is 5.69 Å². The summed E-state index contributed by atoms with van der Waals surface area (Å²) in [5.41, 5.74) is 5.59. The Morgan fingerprint density at radius 3 is 2.50 bits per heavy atom. The van der Waals surface area contributed by atoms with Crippen molar-refractivity contribution in [1.82, 2.24) is 4.98 Å². The Kier molecular flexibility index (Phi) is 3.44. The standard InChI is InChI=1S/C6H4F2I2N2/c7-6(8)5-4(10)2(11)1-3(9)12-5/h1,6H,(H2,11,12). The molecule has 2 nitrogen and oxygen atoms in total. The molecule has 2 N–H and O–H groups in total. The van der Waals surface area contributed by atoms with Gasteiger partial charge in [-0.2, -0.15) is 0 Å². The third kappa shape index (κ3) is 2.15. The summed E-state index contributed by atoms with van der Waals surface area (Å²) in [7, 11) is 0. The van der Waals surface area contributed by atoms with Crippen LogP contribution in [0.15, 0.2) is 6.07 Å². The normalized spacial score (nSPS) is 10.8. The molecule has 0 aliphatic carbocycles.